The fourth-order valence-electron chi connectivity index (χ4n) is 2.89. The lowest BCUT2D eigenvalue weighted by molar-refractivity contribution is 0.157. The van der Waals surface area contributed by atoms with Gasteiger partial charge in [-0.15, -0.1) is 0 Å². The SMILES string of the molecule is CCNC(=NCCCc1cnn(C)c1)N1CCC(COC)C1. The first-order chi connectivity index (χ1) is 10.7. The first-order valence-corrected chi connectivity index (χ1v) is 8.22. The molecule has 1 aromatic rings. The summed E-state index contributed by atoms with van der Waals surface area (Å²) in [5, 5.41) is 7.61. The van der Waals surface area contributed by atoms with E-state index in [1.54, 1.807) is 7.11 Å². The highest BCUT2D eigenvalue weighted by atomic mass is 16.5. The second-order valence-corrected chi connectivity index (χ2v) is 5.92. The summed E-state index contributed by atoms with van der Waals surface area (Å²) in [6.07, 6.45) is 7.28. The summed E-state index contributed by atoms with van der Waals surface area (Å²) in [7, 11) is 3.73. The average Bonchev–Trinajstić information content (AvgIpc) is 3.12. The van der Waals surface area contributed by atoms with E-state index in [0.717, 1.165) is 51.6 Å². The summed E-state index contributed by atoms with van der Waals surface area (Å²) in [6.45, 7) is 6.84. The van der Waals surface area contributed by atoms with Crippen molar-refractivity contribution >= 4 is 5.96 Å². The van der Waals surface area contributed by atoms with Crippen molar-refractivity contribution in [2.45, 2.75) is 26.2 Å². The van der Waals surface area contributed by atoms with Crippen LogP contribution < -0.4 is 5.32 Å². The minimum absolute atomic E-state index is 0.629. The van der Waals surface area contributed by atoms with Crippen LogP contribution in [0.5, 0.6) is 0 Å². The number of guanidine groups is 1. The molecule has 1 aliphatic heterocycles. The molecule has 0 amide bonds. The Kier molecular flexibility index (Phi) is 6.71. The molecule has 0 saturated carbocycles. The summed E-state index contributed by atoms with van der Waals surface area (Å²) in [4.78, 5) is 7.13. The van der Waals surface area contributed by atoms with Crippen molar-refractivity contribution in [1.82, 2.24) is 20.0 Å². The topological polar surface area (TPSA) is 54.7 Å². The van der Waals surface area contributed by atoms with Crippen molar-refractivity contribution in [3.05, 3.63) is 18.0 Å². The molecule has 1 unspecified atom stereocenters. The van der Waals surface area contributed by atoms with Crippen LogP contribution >= 0.6 is 0 Å². The summed E-state index contributed by atoms with van der Waals surface area (Å²) in [5.74, 6) is 1.68. The van der Waals surface area contributed by atoms with E-state index in [0.29, 0.717) is 5.92 Å². The van der Waals surface area contributed by atoms with Gasteiger partial charge in [0.25, 0.3) is 0 Å². The largest absolute Gasteiger partial charge is 0.384 e. The van der Waals surface area contributed by atoms with E-state index in [9.17, 15) is 0 Å². The van der Waals surface area contributed by atoms with Crippen LogP contribution in [0.15, 0.2) is 17.4 Å². The minimum atomic E-state index is 0.629. The lowest BCUT2D eigenvalue weighted by atomic mass is 10.1. The van der Waals surface area contributed by atoms with Gasteiger partial charge in [-0.05, 0) is 31.7 Å². The number of aryl methyl sites for hydroxylation is 2. The third-order valence-corrected chi connectivity index (χ3v) is 3.97. The standard InChI is InChI=1S/C16H29N5O/c1-4-17-16(21-9-7-15(12-21)13-22-3)18-8-5-6-14-10-19-20(2)11-14/h10-11,15H,4-9,12-13H2,1-3H3,(H,17,18). The highest BCUT2D eigenvalue weighted by Gasteiger charge is 2.24. The maximum Gasteiger partial charge on any atom is 0.193 e. The molecule has 0 spiro atoms. The number of rotatable bonds is 7. The van der Waals surface area contributed by atoms with Crippen molar-refractivity contribution in [1.29, 1.82) is 0 Å². The van der Waals surface area contributed by atoms with Gasteiger partial charge in [0.15, 0.2) is 5.96 Å². The third-order valence-electron chi connectivity index (χ3n) is 3.97. The van der Waals surface area contributed by atoms with E-state index >= 15 is 0 Å². The average molecular weight is 307 g/mol. The zero-order chi connectivity index (χ0) is 15.8. The lowest BCUT2D eigenvalue weighted by Gasteiger charge is -2.21. The van der Waals surface area contributed by atoms with Crippen LogP contribution in [0, 0.1) is 5.92 Å². The number of hydrogen-bond donors (Lipinski definition) is 1. The van der Waals surface area contributed by atoms with Gasteiger partial charge in [0.2, 0.25) is 0 Å². The number of hydrogen-bond acceptors (Lipinski definition) is 3. The number of nitrogens with zero attached hydrogens (tertiary/aromatic N) is 4. The quantitative estimate of drug-likeness (QED) is 0.468. The first kappa shape index (κ1) is 16.8. The molecule has 0 radical (unpaired) electrons. The number of aliphatic imine (C=N–C) groups is 1. The van der Waals surface area contributed by atoms with E-state index in [4.69, 9.17) is 9.73 Å². The van der Waals surface area contributed by atoms with Gasteiger partial charge in [-0.2, -0.15) is 5.10 Å². The normalized spacial score (nSPS) is 19.0. The monoisotopic (exact) mass is 307 g/mol. The minimum Gasteiger partial charge on any atom is -0.384 e. The predicted molar refractivity (Wildman–Crippen MR) is 89.1 cm³/mol. The van der Waals surface area contributed by atoms with E-state index in [1.807, 2.05) is 17.9 Å². The summed E-state index contributed by atoms with van der Waals surface area (Å²) in [5.41, 5.74) is 1.28. The Balaban J connectivity index is 1.79. The Morgan fingerprint density at radius 1 is 1.55 bits per heavy atom. The Labute approximate surface area is 133 Å². The lowest BCUT2D eigenvalue weighted by Crippen LogP contribution is -2.40. The van der Waals surface area contributed by atoms with E-state index < -0.39 is 0 Å². The van der Waals surface area contributed by atoms with Crippen molar-refractivity contribution in [2.24, 2.45) is 18.0 Å². The summed E-state index contributed by atoms with van der Waals surface area (Å²) >= 11 is 0. The molecule has 0 aromatic carbocycles. The summed E-state index contributed by atoms with van der Waals surface area (Å²) < 4.78 is 7.12. The molecule has 1 fully saturated rings. The van der Waals surface area contributed by atoms with Gasteiger partial charge >= 0.3 is 0 Å². The Hall–Kier alpha value is -1.56. The molecule has 2 rings (SSSR count). The molecule has 6 nitrogen and oxygen atoms in total. The van der Waals surface area contributed by atoms with Crippen molar-refractivity contribution in [3.63, 3.8) is 0 Å². The second-order valence-electron chi connectivity index (χ2n) is 5.92. The molecule has 1 aliphatic rings. The van der Waals surface area contributed by atoms with Gasteiger partial charge in [-0.3, -0.25) is 9.67 Å². The van der Waals surface area contributed by atoms with Gasteiger partial charge in [0.1, 0.15) is 0 Å². The van der Waals surface area contributed by atoms with Crippen LogP contribution in [0.2, 0.25) is 0 Å². The molecule has 2 heterocycles. The zero-order valence-corrected chi connectivity index (χ0v) is 14.1. The molecular formula is C16H29N5O. The van der Waals surface area contributed by atoms with Crippen LogP contribution in [0.1, 0.15) is 25.3 Å². The molecule has 1 atom stereocenters. The number of methoxy groups -OCH3 is 1. The highest BCUT2D eigenvalue weighted by Crippen LogP contribution is 2.16. The maximum absolute atomic E-state index is 5.27. The molecular weight excluding hydrogens is 278 g/mol. The Morgan fingerprint density at radius 3 is 3.09 bits per heavy atom. The zero-order valence-electron chi connectivity index (χ0n) is 14.1. The Bertz CT molecular complexity index is 471. The molecule has 6 heteroatoms. The smallest absolute Gasteiger partial charge is 0.193 e. The maximum atomic E-state index is 5.27. The van der Waals surface area contributed by atoms with E-state index in [2.05, 4.69) is 28.4 Å². The van der Waals surface area contributed by atoms with Crippen LogP contribution in [-0.4, -0.2) is 60.5 Å². The van der Waals surface area contributed by atoms with Gasteiger partial charge < -0.3 is 15.0 Å². The second kappa shape index (κ2) is 8.78. The Morgan fingerprint density at radius 2 is 2.41 bits per heavy atom. The van der Waals surface area contributed by atoms with Crippen LogP contribution in [-0.2, 0) is 18.2 Å². The van der Waals surface area contributed by atoms with Gasteiger partial charge in [-0.1, -0.05) is 0 Å². The molecule has 22 heavy (non-hydrogen) atoms. The van der Waals surface area contributed by atoms with Gasteiger partial charge in [0, 0.05) is 52.5 Å². The fraction of sp³-hybridized carbons (Fsp3) is 0.750. The molecule has 124 valence electrons. The van der Waals surface area contributed by atoms with Crippen molar-refractivity contribution in [3.8, 4) is 0 Å². The van der Waals surface area contributed by atoms with Crippen LogP contribution in [0.4, 0.5) is 0 Å². The molecule has 0 bridgehead atoms. The predicted octanol–water partition coefficient (Wildman–Crippen LogP) is 1.29. The van der Waals surface area contributed by atoms with Crippen molar-refractivity contribution < 1.29 is 4.74 Å². The molecule has 1 saturated heterocycles. The highest BCUT2D eigenvalue weighted by molar-refractivity contribution is 5.80. The van der Waals surface area contributed by atoms with Gasteiger partial charge in [0.05, 0.1) is 12.8 Å². The summed E-state index contributed by atoms with van der Waals surface area (Å²) in [6, 6.07) is 0. The van der Waals surface area contributed by atoms with E-state index in [-0.39, 0.29) is 0 Å². The number of aromatic nitrogens is 2. The van der Waals surface area contributed by atoms with E-state index in [1.165, 1.54) is 12.0 Å². The number of ether oxygens (including phenoxy) is 1. The number of likely N-dealkylation sites (tertiary alicyclic amines) is 1. The molecule has 0 aliphatic carbocycles. The number of nitrogens with one attached hydrogen (secondary N) is 1. The van der Waals surface area contributed by atoms with Gasteiger partial charge in [-0.25, -0.2) is 0 Å². The van der Waals surface area contributed by atoms with Crippen LogP contribution in [0.3, 0.4) is 0 Å². The first-order valence-electron chi connectivity index (χ1n) is 8.22. The molecule has 1 aromatic heterocycles. The van der Waals surface area contributed by atoms with Crippen molar-refractivity contribution in [2.75, 3.05) is 39.9 Å². The van der Waals surface area contributed by atoms with Crippen LogP contribution in [0.25, 0.3) is 0 Å². The third kappa shape index (κ3) is 5.02. The fourth-order valence-corrected chi connectivity index (χ4v) is 2.89. The molecule has 1 N–H and O–H groups in total.